The van der Waals surface area contributed by atoms with Gasteiger partial charge in [-0.15, -0.1) is 0 Å². The van der Waals surface area contributed by atoms with Crippen molar-refractivity contribution in [2.45, 2.75) is 45.1 Å². The van der Waals surface area contributed by atoms with E-state index in [2.05, 4.69) is 31.3 Å². The smallest absolute Gasteiger partial charge is 0.0436 e. The van der Waals surface area contributed by atoms with Crippen LogP contribution in [0.1, 0.15) is 44.6 Å². The van der Waals surface area contributed by atoms with Crippen LogP contribution in [-0.2, 0) is 0 Å². The molecule has 0 amide bonds. The van der Waals surface area contributed by atoms with Gasteiger partial charge < -0.3 is 10.4 Å². The van der Waals surface area contributed by atoms with Gasteiger partial charge in [-0.3, -0.25) is 0 Å². The summed E-state index contributed by atoms with van der Waals surface area (Å²) in [5.74, 6) is 0.677. The molecule has 0 heterocycles. The molecule has 0 bridgehead atoms. The Kier molecular flexibility index (Phi) is 4.88. The number of aliphatic hydroxyl groups excluding tert-OH is 1. The van der Waals surface area contributed by atoms with Crippen molar-refractivity contribution < 1.29 is 5.11 Å². The third-order valence-corrected chi connectivity index (χ3v) is 4.39. The zero-order valence-electron chi connectivity index (χ0n) is 11.8. The quantitative estimate of drug-likeness (QED) is 0.835. The summed E-state index contributed by atoms with van der Waals surface area (Å²) < 4.78 is 0. The average molecular weight is 282 g/mol. The molecule has 0 radical (unpaired) electrons. The van der Waals surface area contributed by atoms with Gasteiger partial charge in [0.2, 0.25) is 0 Å². The molecule has 0 unspecified atom stereocenters. The van der Waals surface area contributed by atoms with Crippen molar-refractivity contribution in [2.75, 3.05) is 13.2 Å². The van der Waals surface area contributed by atoms with E-state index < -0.39 is 0 Å². The molecule has 1 fully saturated rings. The first-order valence-corrected chi connectivity index (χ1v) is 7.48. The molecule has 1 aliphatic carbocycles. The van der Waals surface area contributed by atoms with Crippen molar-refractivity contribution in [1.82, 2.24) is 5.32 Å². The Labute approximate surface area is 121 Å². The highest BCUT2D eigenvalue weighted by Gasteiger charge is 2.31. The van der Waals surface area contributed by atoms with Crippen molar-refractivity contribution >= 4 is 11.6 Å². The number of hydrogen-bond acceptors (Lipinski definition) is 2. The van der Waals surface area contributed by atoms with Gasteiger partial charge in [-0.2, -0.15) is 0 Å². The van der Waals surface area contributed by atoms with E-state index in [1.807, 2.05) is 12.1 Å². The van der Waals surface area contributed by atoms with E-state index in [0.29, 0.717) is 12.0 Å². The van der Waals surface area contributed by atoms with E-state index in [4.69, 9.17) is 16.7 Å². The molecular formula is C16H24ClNO. The van der Waals surface area contributed by atoms with Crippen LogP contribution in [0.25, 0.3) is 0 Å². The molecule has 3 heteroatoms. The molecule has 0 aromatic heterocycles. The lowest BCUT2D eigenvalue weighted by Crippen LogP contribution is -2.44. The minimum atomic E-state index is 0.181. The SMILES string of the molecule is CC(C)(CCO)CNC1CC(c2ccc(Cl)cc2)C1. The highest BCUT2D eigenvalue weighted by Crippen LogP contribution is 2.37. The van der Waals surface area contributed by atoms with E-state index in [9.17, 15) is 0 Å². The normalized spacial score (nSPS) is 23.2. The summed E-state index contributed by atoms with van der Waals surface area (Å²) in [6, 6.07) is 8.85. The third-order valence-electron chi connectivity index (χ3n) is 4.14. The average Bonchev–Trinajstić information content (AvgIpc) is 2.29. The molecule has 1 saturated carbocycles. The Balaban J connectivity index is 1.73. The van der Waals surface area contributed by atoms with Crippen LogP contribution in [0, 0.1) is 5.41 Å². The predicted molar refractivity (Wildman–Crippen MR) is 80.7 cm³/mol. The Morgan fingerprint density at radius 1 is 1.26 bits per heavy atom. The topological polar surface area (TPSA) is 32.3 Å². The van der Waals surface area contributed by atoms with E-state index in [1.54, 1.807) is 0 Å². The minimum Gasteiger partial charge on any atom is -0.396 e. The van der Waals surface area contributed by atoms with Gasteiger partial charge in [-0.05, 0) is 48.3 Å². The number of halogens is 1. The van der Waals surface area contributed by atoms with Gasteiger partial charge in [0.1, 0.15) is 0 Å². The third kappa shape index (κ3) is 4.20. The van der Waals surface area contributed by atoms with E-state index >= 15 is 0 Å². The highest BCUT2D eigenvalue weighted by atomic mass is 35.5. The van der Waals surface area contributed by atoms with E-state index in [0.717, 1.165) is 18.0 Å². The summed E-state index contributed by atoms with van der Waals surface area (Å²) in [5, 5.41) is 13.4. The van der Waals surface area contributed by atoms with E-state index in [-0.39, 0.29) is 12.0 Å². The number of hydrogen-bond donors (Lipinski definition) is 2. The van der Waals surface area contributed by atoms with Crippen LogP contribution in [0.3, 0.4) is 0 Å². The second kappa shape index (κ2) is 6.25. The molecule has 0 saturated heterocycles. The Bertz CT molecular complexity index is 396. The summed E-state index contributed by atoms with van der Waals surface area (Å²) in [6.45, 7) is 5.65. The van der Waals surface area contributed by atoms with Crippen molar-refractivity contribution in [2.24, 2.45) is 5.41 Å². The molecule has 2 rings (SSSR count). The number of benzene rings is 1. The van der Waals surface area contributed by atoms with E-state index in [1.165, 1.54) is 18.4 Å². The second-order valence-corrected chi connectivity index (χ2v) is 6.87. The van der Waals surface area contributed by atoms with Crippen LogP contribution in [0.2, 0.25) is 5.02 Å². The highest BCUT2D eigenvalue weighted by molar-refractivity contribution is 6.30. The number of rotatable bonds is 6. The Hall–Kier alpha value is -0.570. The molecule has 0 aliphatic heterocycles. The molecule has 1 aromatic rings. The van der Waals surface area contributed by atoms with Crippen molar-refractivity contribution in [3.8, 4) is 0 Å². The van der Waals surface area contributed by atoms with Crippen LogP contribution in [0.4, 0.5) is 0 Å². The van der Waals surface area contributed by atoms with Crippen molar-refractivity contribution in [3.63, 3.8) is 0 Å². The summed E-state index contributed by atoms with van der Waals surface area (Å²) >= 11 is 5.90. The molecule has 19 heavy (non-hydrogen) atoms. The summed E-state index contributed by atoms with van der Waals surface area (Å²) in [5.41, 5.74) is 1.58. The first kappa shape index (κ1) is 14.8. The first-order chi connectivity index (χ1) is 9.00. The molecule has 2 nitrogen and oxygen atoms in total. The fourth-order valence-electron chi connectivity index (χ4n) is 2.60. The van der Waals surface area contributed by atoms with Crippen LogP contribution >= 0.6 is 11.6 Å². The maximum atomic E-state index is 9.01. The van der Waals surface area contributed by atoms with Crippen LogP contribution in [0.5, 0.6) is 0 Å². The summed E-state index contributed by atoms with van der Waals surface area (Å²) in [4.78, 5) is 0. The molecule has 2 N–H and O–H groups in total. The van der Waals surface area contributed by atoms with Crippen molar-refractivity contribution in [3.05, 3.63) is 34.9 Å². The van der Waals surface area contributed by atoms with Gasteiger partial charge in [0, 0.05) is 24.2 Å². The zero-order chi connectivity index (χ0) is 13.9. The van der Waals surface area contributed by atoms with Gasteiger partial charge >= 0.3 is 0 Å². The van der Waals surface area contributed by atoms with Crippen LogP contribution < -0.4 is 5.32 Å². The second-order valence-electron chi connectivity index (χ2n) is 6.44. The molecule has 0 spiro atoms. The standard InChI is InChI=1S/C16H24ClNO/c1-16(2,7-8-19)11-18-15-9-13(10-15)12-3-5-14(17)6-4-12/h3-6,13,15,18-19H,7-11H2,1-2H3. The molecule has 106 valence electrons. The molecule has 1 aromatic carbocycles. The maximum Gasteiger partial charge on any atom is 0.0436 e. The molecule has 1 aliphatic rings. The fourth-order valence-corrected chi connectivity index (χ4v) is 2.73. The van der Waals surface area contributed by atoms with Crippen LogP contribution in [0.15, 0.2) is 24.3 Å². The number of aliphatic hydroxyl groups is 1. The van der Waals surface area contributed by atoms with Crippen molar-refractivity contribution in [1.29, 1.82) is 0 Å². The Morgan fingerprint density at radius 3 is 2.47 bits per heavy atom. The molecule has 0 atom stereocenters. The van der Waals surface area contributed by atoms with Gasteiger partial charge in [0.25, 0.3) is 0 Å². The lowest BCUT2D eigenvalue weighted by molar-refractivity contribution is 0.187. The monoisotopic (exact) mass is 281 g/mol. The fraction of sp³-hybridized carbons (Fsp3) is 0.625. The number of nitrogens with one attached hydrogen (secondary N) is 1. The Morgan fingerprint density at radius 2 is 1.89 bits per heavy atom. The largest absolute Gasteiger partial charge is 0.396 e. The van der Waals surface area contributed by atoms with Gasteiger partial charge in [0.15, 0.2) is 0 Å². The lowest BCUT2D eigenvalue weighted by atomic mass is 9.75. The van der Waals surface area contributed by atoms with Gasteiger partial charge in [-0.1, -0.05) is 37.6 Å². The van der Waals surface area contributed by atoms with Crippen LogP contribution in [-0.4, -0.2) is 24.3 Å². The van der Waals surface area contributed by atoms with Gasteiger partial charge in [-0.25, -0.2) is 0 Å². The lowest BCUT2D eigenvalue weighted by Gasteiger charge is -2.38. The minimum absolute atomic E-state index is 0.181. The first-order valence-electron chi connectivity index (χ1n) is 7.10. The summed E-state index contributed by atoms with van der Waals surface area (Å²) in [6.07, 6.45) is 3.26. The summed E-state index contributed by atoms with van der Waals surface area (Å²) in [7, 11) is 0. The predicted octanol–water partition coefficient (Wildman–Crippen LogP) is 3.58. The maximum absolute atomic E-state index is 9.01. The molecular weight excluding hydrogens is 258 g/mol. The zero-order valence-corrected chi connectivity index (χ0v) is 12.6. The van der Waals surface area contributed by atoms with Gasteiger partial charge in [0.05, 0.1) is 0 Å².